The summed E-state index contributed by atoms with van der Waals surface area (Å²) in [6.07, 6.45) is 2.14. The lowest BCUT2D eigenvalue weighted by Gasteiger charge is -2.05. The number of H-pyrrole nitrogens is 1. The molecular formula is C21H25N5O4S+2. The number of aromatic nitrogens is 5. The fourth-order valence-electron chi connectivity index (χ4n) is 3.48. The molecule has 0 spiro atoms. The molecule has 0 saturated heterocycles. The van der Waals surface area contributed by atoms with Gasteiger partial charge >= 0.3 is 23.2 Å². The lowest BCUT2D eigenvalue weighted by molar-refractivity contribution is -0.678. The number of hydrogen-bond acceptors (Lipinski definition) is 6. The first-order valence-electron chi connectivity index (χ1n) is 9.93. The van der Waals surface area contributed by atoms with E-state index in [9.17, 15) is 15.0 Å². The molecule has 4 aromatic rings. The van der Waals surface area contributed by atoms with Gasteiger partial charge in [0.05, 0.1) is 13.6 Å². The van der Waals surface area contributed by atoms with Crippen molar-refractivity contribution in [2.75, 3.05) is 6.61 Å². The number of aliphatic hydroxyl groups is 1. The van der Waals surface area contributed by atoms with Crippen LogP contribution in [0.3, 0.4) is 0 Å². The Morgan fingerprint density at radius 1 is 1.32 bits per heavy atom. The maximum Gasteiger partial charge on any atom is 0.463 e. The summed E-state index contributed by atoms with van der Waals surface area (Å²) in [5.74, 6) is 0.628. The average molecular weight is 444 g/mol. The van der Waals surface area contributed by atoms with Gasteiger partial charge < -0.3 is 14.9 Å². The number of aromatic amines is 1. The van der Waals surface area contributed by atoms with E-state index in [1.165, 1.54) is 9.13 Å². The predicted molar refractivity (Wildman–Crippen MR) is 115 cm³/mol. The molecule has 31 heavy (non-hydrogen) atoms. The zero-order chi connectivity index (χ0) is 22.1. The van der Waals surface area contributed by atoms with Gasteiger partial charge in [0.25, 0.3) is 5.52 Å². The highest BCUT2D eigenvalue weighted by Gasteiger charge is 2.32. The summed E-state index contributed by atoms with van der Waals surface area (Å²) in [4.78, 5) is 22.0. The minimum absolute atomic E-state index is 0.0825. The fraction of sp³-hybridized carbons (Fsp3) is 0.333. The van der Waals surface area contributed by atoms with Crippen LogP contribution in [-0.4, -0.2) is 31.4 Å². The standard InChI is InChI=1S/C21H23N5O4S/c1-13-6-4-7-15(10-13)30-20-23-18-17(26(20)12-16-22-11-14(2)31-16)19(28)25(8-5-9-27)21(29)24(18)3/h4,6-7,10-11,27H,5,8-9,12H2,1-3H3/p+2. The van der Waals surface area contributed by atoms with Crippen LogP contribution in [0.2, 0.25) is 0 Å². The molecule has 0 bridgehead atoms. The van der Waals surface area contributed by atoms with Crippen molar-refractivity contribution >= 4 is 22.5 Å². The van der Waals surface area contributed by atoms with Crippen molar-refractivity contribution in [3.63, 3.8) is 0 Å². The quantitative estimate of drug-likeness (QED) is 0.375. The molecule has 3 heterocycles. The minimum atomic E-state index is -0.373. The molecule has 0 aliphatic rings. The molecule has 3 aromatic heterocycles. The summed E-state index contributed by atoms with van der Waals surface area (Å²) < 4.78 is 10.6. The summed E-state index contributed by atoms with van der Waals surface area (Å²) >= 11 is 1.54. The number of thiazole rings is 1. The van der Waals surface area contributed by atoms with Gasteiger partial charge in [0.2, 0.25) is 0 Å². The number of nitrogens with one attached hydrogen (secondary N) is 1. The van der Waals surface area contributed by atoms with Crippen LogP contribution in [0, 0.1) is 13.8 Å². The smallest absolute Gasteiger partial charge is 0.458 e. The van der Waals surface area contributed by atoms with Gasteiger partial charge in [0, 0.05) is 24.1 Å². The van der Waals surface area contributed by atoms with Crippen molar-refractivity contribution in [2.24, 2.45) is 7.05 Å². The topological polar surface area (TPSA) is 108 Å². The van der Waals surface area contributed by atoms with E-state index in [4.69, 9.17) is 4.74 Å². The zero-order valence-electron chi connectivity index (χ0n) is 17.6. The number of imidazole rings is 1. The first kappa shape index (κ1) is 21.0. The van der Waals surface area contributed by atoms with Gasteiger partial charge in [-0.15, -0.1) is 11.3 Å². The number of rotatable bonds is 7. The number of hydrogen-bond donors (Lipinski definition) is 3. The second kappa shape index (κ2) is 8.48. The molecule has 0 amide bonds. The number of ether oxygens (including phenoxy) is 1. The van der Waals surface area contributed by atoms with Gasteiger partial charge in [0.1, 0.15) is 17.3 Å². The fourth-order valence-corrected chi connectivity index (χ4v) is 4.25. The Morgan fingerprint density at radius 3 is 2.81 bits per heavy atom. The van der Waals surface area contributed by atoms with Crippen LogP contribution >= 0.6 is 11.3 Å². The van der Waals surface area contributed by atoms with Gasteiger partial charge in [0.15, 0.2) is 0 Å². The predicted octanol–water partition coefficient (Wildman–Crippen LogP) is 1.44. The Hall–Kier alpha value is -3.24. The summed E-state index contributed by atoms with van der Waals surface area (Å²) in [5, 5.41) is 20.6. The van der Waals surface area contributed by atoms with Crippen LogP contribution in [0.15, 0.2) is 35.3 Å². The van der Waals surface area contributed by atoms with E-state index >= 15 is 0 Å². The highest BCUT2D eigenvalue weighted by molar-refractivity contribution is 7.11. The van der Waals surface area contributed by atoms with Crippen molar-refractivity contribution in [3.05, 3.63) is 56.3 Å². The van der Waals surface area contributed by atoms with Gasteiger partial charge in [-0.25, -0.2) is 9.78 Å². The van der Waals surface area contributed by atoms with Gasteiger partial charge in [-0.1, -0.05) is 12.1 Å². The Labute approximate surface area is 182 Å². The molecule has 0 unspecified atom stereocenters. The van der Waals surface area contributed by atoms with Crippen LogP contribution < -0.4 is 19.4 Å². The molecule has 4 rings (SSSR count). The number of nitrogens with zero attached hydrogens (tertiary/aromatic N) is 4. The Kier molecular flexibility index (Phi) is 5.75. The third-order valence-electron chi connectivity index (χ3n) is 5.00. The first-order valence-corrected chi connectivity index (χ1v) is 10.7. The van der Waals surface area contributed by atoms with Gasteiger partial charge in [-0.3, -0.25) is 0 Å². The lowest BCUT2D eigenvalue weighted by Crippen LogP contribution is -2.44. The number of aromatic hydroxyl groups is 1. The highest BCUT2D eigenvalue weighted by Crippen LogP contribution is 2.21. The maximum absolute atomic E-state index is 13.3. The third kappa shape index (κ3) is 4.04. The van der Waals surface area contributed by atoms with Crippen molar-refractivity contribution in [1.82, 2.24) is 14.5 Å². The van der Waals surface area contributed by atoms with Crippen LogP contribution in [0.4, 0.5) is 0 Å². The summed E-state index contributed by atoms with van der Waals surface area (Å²) in [5.41, 5.74) is 1.46. The molecule has 1 aromatic carbocycles. The maximum atomic E-state index is 13.3. The average Bonchev–Trinajstić information content (AvgIpc) is 3.30. The molecule has 10 heteroatoms. The van der Waals surface area contributed by atoms with E-state index in [-0.39, 0.29) is 24.7 Å². The zero-order valence-corrected chi connectivity index (χ0v) is 18.4. The first-order chi connectivity index (χ1) is 14.9. The molecule has 0 radical (unpaired) electrons. The molecule has 162 valence electrons. The number of aryl methyl sites for hydroxylation is 3. The Bertz CT molecular complexity index is 1310. The Balaban J connectivity index is 1.93. The van der Waals surface area contributed by atoms with Gasteiger partial charge in [-0.05, 0) is 31.5 Å². The normalized spacial score (nSPS) is 11.4. The lowest BCUT2D eigenvalue weighted by atomic mass is 10.2. The summed E-state index contributed by atoms with van der Waals surface area (Å²) in [7, 11) is 1.66. The van der Waals surface area contributed by atoms with Crippen LogP contribution in [0.25, 0.3) is 11.2 Å². The highest BCUT2D eigenvalue weighted by atomic mass is 32.1. The van der Waals surface area contributed by atoms with Crippen molar-refractivity contribution in [1.29, 1.82) is 0 Å². The molecule has 0 atom stereocenters. The molecule has 9 nitrogen and oxygen atoms in total. The van der Waals surface area contributed by atoms with E-state index in [1.807, 2.05) is 38.1 Å². The molecule has 0 aliphatic heterocycles. The van der Waals surface area contributed by atoms with Crippen LogP contribution in [-0.2, 0) is 20.1 Å². The monoisotopic (exact) mass is 443 g/mol. The van der Waals surface area contributed by atoms with Crippen molar-refractivity contribution < 1.29 is 24.1 Å². The largest absolute Gasteiger partial charge is 0.463 e. The number of fused-ring (bicyclic) bond motifs is 1. The summed E-state index contributed by atoms with van der Waals surface area (Å²) in [6, 6.07) is 7.78. The Morgan fingerprint density at radius 2 is 2.13 bits per heavy atom. The van der Waals surface area contributed by atoms with Crippen molar-refractivity contribution in [3.8, 4) is 17.8 Å². The van der Waals surface area contributed by atoms with E-state index in [0.29, 0.717) is 35.9 Å². The van der Waals surface area contributed by atoms with Gasteiger partial charge in [-0.2, -0.15) is 18.7 Å². The second-order valence-corrected chi connectivity index (χ2v) is 8.71. The third-order valence-corrected chi connectivity index (χ3v) is 5.89. The van der Waals surface area contributed by atoms with E-state index in [0.717, 1.165) is 15.4 Å². The van der Waals surface area contributed by atoms with E-state index in [2.05, 4.69) is 9.97 Å². The molecule has 0 aliphatic carbocycles. The molecule has 0 saturated carbocycles. The summed E-state index contributed by atoms with van der Waals surface area (Å²) in [6.45, 7) is 4.40. The SMILES string of the molecule is Cc1cccc(Oc2[nH]c3c(c(=O)n(CCCO)c(O)[n+]3C)[n+]2Cc2ncc(C)s2)c1. The number of aliphatic hydroxyl groups excluding tert-OH is 1. The number of benzene rings is 1. The second-order valence-electron chi connectivity index (χ2n) is 7.39. The molecular weight excluding hydrogens is 418 g/mol. The van der Waals surface area contributed by atoms with Crippen LogP contribution in [0.5, 0.6) is 17.8 Å². The molecule has 3 N–H and O–H groups in total. The van der Waals surface area contributed by atoms with E-state index < -0.39 is 0 Å². The minimum Gasteiger partial charge on any atom is -0.458 e. The van der Waals surface area contributed by atoms with E-state index in [1.54, 1.807) is 29.1 Å². The van der Waals surface area contributed by atoms with Crippen molar-refractivity contribution in [2.45, 2.75) is 33.4 Å². The molecule has 0 fully saturated rings. The van der Waals surface area contributed by atoms with Crippen LogP contribution in [0.1, 0.15) is 21.9 Å².